The molecule has 0 heterocycles. The van der Waals surface area contributed by atoms with Gasteiger partial charge in [0, 0.05) is 6.07 Å². The standard InChI is InChI=1S/C9H8N2O3.CN.Na/c1-14-9-4-2-3-8(11(12)13)7(9)5-6-10;1-2;/h2-4H,5H2,1H3;;/q;-1;+1. The van der Waals surface area contributed by atoms with Crippen LogP contribution in [-0.4, -0.2) is 12.0 Å². The van der Waals surface area contributed by atoms with Gasteiger partial charge >= 0.3 is 29.6 Å². The van der Waals surface area contributed by atoms with Crippen LogP contribution in [0.1, 0.15) is 5.56 Å². The molecule has 0 aliphatic heterocycles. The van der Waals surface area contributed by atoms with E-state index in [1.54, 1.807) is 6.07 Å². The molecule has 7 heteroatoms. The fourth-order valence-electron chi connectivity index (χ4n) is 1.17. The van der Waals surface area contributed by atoms with E-state index >= 15 is 0 Å². The average Bonchev–Trinajstić information content (AvgIpc) is 2.32. The number of nitrogens with zero attached hydrogens (tertiary/aromatic N) is 3. The van der Waals surface area contributed by atoms with Gasteiger partial charge in [0.2, 0.25) is 0 Å². The SMILES string of the molecule is COc1cccc([N+](=O)[O-])c1CC#N.[C-]#N.[Na+]. The van der Waals surface area contributed by atoms with E-state index in [4.69, 9.17) is 21.8 Å². The molecule has 0 aliphatic carbocycles. The number of nitro benzene ring substituents is 1. The second-order valence-electron chi connectivity index (χ2n) is 2.55. The Morgan fingerprint density at radius 2 is 2.12 bits per heavy atom. The van der Waals surface area contributed by atoms with Crippen LogP contribution in [0.4, 0.5) is 5.69 Å². The summed E-state index contributed by atoms with van der Waals surface area (Å²) >= 11 is 0. The largest absolute Gasteiger partial charge is 1.00 e. The van der Waals surface area contributed by atoms with Crippen molar-refractivity contribution in [2.75, 3.05) is 7.11 Å². The van der Waals surface area contributed by atoms with Crippen LogP contribution in [0, 0.1) is 33.3 Å². The number of nitro groups is 1. The predicted octanol–water partition coefficient (Wildman–Crippen LogP) is -1.23. The smallest absolute Gasteiger partial charge is 0.512 e. The Morgan fingerprint density at radius 1 is 1.53 bits per heavy atom. The summed E-state index contributed by atoms with van der Waals surface area (Å²) in [6.07, 6.45) is -0.0275. The number of ether oxygens (including phenoxy) is 1. The molecule has 0 fully saturated rings. The van der Waals surface area contributed by atoms with E-state index in [0.29, 0.717) is 11.3 Å². The molecule has 0 saturated heterocycles. The van der Waals surface area contributed by atoms with Crippen LogP contribution in [0.5, 0.6) is 5.75 Å². The molecule has 0 aliphatic rings. The second kappa shape index (κ2) is 9.61. The first-order chi connectivity index (χ1) is 7.70. The zero-order valence-electron chi connectivity index (χ0n) is 9.51. The Labute approximate surface area is 121 Å². The van der Waals surface area contributed by atoms with Gasteiger partial charge in [0.1, 0.15) is 5.75 Å². The predicted molar refractivity (Wildman–Crippen MR) is 53.9 cm³/mol. The van der Waals surface area contributed by atoms with Gasteiger partial charge in [-0.3, -0.25) is 10.1 Å². The summed E-state index contributed by atoms with van der Waals surface area (Å²) in [4.78, 5) is 10.1. The Hall–Kier alpha value is -1.60. The van der Waals surface area contributed by atoms with Crippen molar-refractivity contribution in [2.45, 2.75) is 6.42 Å². The summed E-state index contributed by atoms with van der Waals surface area (Å²) in [7, 11) is 1.42. The third-order valence-corrected chi connectivity index (χ3v) is 1.78. The van der Waals surface area contributed by atoms with E-state index in [2.05, 4.69) is 0 Å². The van der Waals surface area contributed by atoms with Gasteiger partial charge < -0.3 is 16.6 Å². The first-order valence-corrected chi connectivity index (χ1v) is 4.10. The fourth-order valence-corrected chi connectivity index (χ4v) is 1.17. The van der Waals surface area contributed by atoms with Crippen LogP contribution < -0.4 is 34.3 Å². The van der Waals surface area contributed by atoms with Gasteiger partial charge in [-0.2, -0.15) is 5.26 Å². The summed E-state index contributed by atoms with van der Waals surface area (Å²) in [5.74, 6) is 0.376. The van der Waals surface area contributed by atoms with E-state index in [1.165, 1.54) is 19.2 Å². The number of hydrogen-bond acceptors (Lipinski definition) is 5. The van der Waals surface area contributed by atoms with Crippen molar-refractivity contribution >= 4 is 5.69 Å². The van der Waals surface area contributed by atoms with Crippen LogP contribution in [0.2, 0.25) is 0 Å². The van der Waals surface area contributed by atoms with Crippen molar-refractivity contribution in [3.63, 3.8) is 0 Å². The molecule has 0 aromatic heterocycles. The minimum Gasteiger partial charge on any atom is -0.512 e. The maximum atomic E-state index is 10.6. The van der Waals surface area contributed by atoms with Gasteiger partial charge in [-0.25, -0.2) is 0 Å². The quantitative estimate of drug-likeness (QED) is 0.285. The van der Waals surface area contributed by atoms with Crippen molar-refractivity contribution in [1.29, 1.82) is 10.5 Å². The van der Waals surface area contributed by atoms with Crippen LogP contribution in [0.15, 0.2) is 18.2 Å². The van der Waals surface area contributed by atoms with E-state index in [0.717, 1.165) is 0 Å². The molecular weight excluding hydrogens is 233 g/mol. The summed E-state index contributed by atoms with van der Waals surface area (Å²) in [6, 6.07) is 6.35. The molecule has 0 atom stereocenters. The third kappa shape index (κ3) is 4.83. The average molecular weight is 241 g/mol. The molecule has 0 spiro atoms. The van der Waals surface area contributed by atoms with Gasteiger partial charge in [0.15, 0.2) is 0 Å². The molecule has 82 valence electrons. The third-order valence-electron chi connectivity index (χ3n) is 1.78. The second-order valence-corrected chi connectivity index (χ2v) is 2.55. The van der Waals surface area contributed by atoms with Crippen molar-refractivity contribution in [3.8, 4) is 11.8 Å². The Kier molecular flexibility index (Phi) is 10.1. The molecule has 1 rings (SSSR count). The molecular formula is C10H8N3NaO3. The molecule has 0 N–H and O–H groups in total. The molecule has 0 bridgehead atoms. The molecule has 1 aromatic rings. The number of hydrogen-bond donors (Lipinski definition) is 0. The minimum absolute atomic E-state index is 0. The molecule has 0 unspecified atom stereocenters. The number of benzene rings is 1. The van der Waals surface area contributed by atoms with Crippen molar-refractivity contribution in [1.82, 2.24) is 0 Å². The van der Waals surface area contributed by atoms with Crippen LogP contribution in [0.3, 0.4) is 0 Å². The maximum Gasteiger partial charge on any atom is 1.00 e. The number of nitriles is 1. The van der Waals surface area contributed by atoms with Crippen molar-refractivity contribution < 1.29 is 39.2 Å². The van der Waals surface area contributed by atoms with E-state index in [9.17, 15) is 10.1 Å². The van der Waals surface area contributed by atoms with E-state index in [-0.39, 0.29) is 41.7 Å². The van der Waals surface area contributed by atoms with Gasteiger partial charge in [-0.15, -0.1) is 0 Å². The number of methoxy groups -OCH3 is 1. The molecule has 1 aromatic carbocycles. The Morgan fingerprint density at radius 3 is 2.53 bits per heavy atom. The topological polar surface area (TPSA) is 99.9 Å². The van der Waals surface area contributed by atoms with Crippen molar-refractivity contribution in [3.05, 3.63) is 40.4 Å². The zero-order valence-corrected chi connectivity index (χ0v) is 11.5. The van der Waals surface area contributed by atoms with Gasteiger partial charge in [0.25, 0.3) is 5.69 Å². The van der Waals surface area contributed by atoms with Gasteiger partial charge in [0.05, 0.1) is 30.1 Å². The summed E-state index contributed by atoms with van der Waals surface area (Å²) < 4.78 is 4.93. The van der Waals surface area contributed by atoms with Crippen LogP contribution in [-0.2, 0) is 6.42 Å². The van der Waals surface area contributed by atoms with Gasteiger partial charge in [-0.05, 0) is 6.07 Å². The van der Waals surface area contributed by atoms with E-state index in [1.807, 2.05) is 6.07 Å². The monoisotopic (exact) mass is 241 g/mol. The summed E-state index contributed by atoms with van der Waals surface area (Å²) in [6.45, 7) is 4.75. The maximum absolute atomic E-state index is 10.6. The molecule has 0 amide bonds. The van der Waals surface area contributed by atoms with Crippen molar-refractivity contribution in [2.24, 2.45) is 0 Å². The first-order valence-electron chi connectivity index (χ1n) is 4.10. The number of rotatable bonds is 3. The Bertz CT molecular complexity index is 440. The summed E-state index contributed by atoms with van der Waals surface area (Å²) in [5.41, 5.74) is 0.244. The van der Waals surface area contributed by atoms with E-state index < -0.39 is 4.92 Å². The Balaban J connectivity index is 0. The molecule has 17 heavy (non-hydrogen) atoms. The summed E-state index contributed by atoms with van der Waals surface area (Å²) in [5, 5.41) is 25.4. The molecule has 0 radical (unpaired) electrons. The van der Waals surface area contributed by atoms with Crippen LogP contribution in [0.25, 0.3) is 0 Å². The van der Waals surface area contributed by atoms with Gasteiger partial charge in [-0.1, -0.05) is 6.07 Å². The molecule has 0 saturated carbocycles. The first kappa shape index (κ1) is 17.8. The molecule has 6 nitrogen and oxygen atoms in total. The van der Waals surface area contributed by atoms with Crippen LogP contribution >= 0.6 is 0 Å². The zero-order chi connectivity index (χ0) is 12.6. The minimum atomic E-state index is -0.519. The normalized spacial score (nSPS) is 7.65. The fraction of sp³-hybridized carbons (Fsp3) is 0.200.